The Hall–Kier alpha value is -2.08. The predicted octanol–water partition coefficient (Wildman–Crippen LogP) is 1.77. The summed E-state index contributed by atoms with van der Waals surface area (Å²) in [5.41, 5.74) is 0.0450. The largest absolute Gasteiger partial charge is 0.463 e. The third-order valence-corrected chi connectivity index (χ3v) is 3.46. The van der Waals surface area contributed by atoms with Crippen molar-refractivity contribution < 1.29 is 13.6 Å². The highest BCUT2D eigenvalue weighted by Crippen LogP contribution is 2.18. The van der Waals surface area contributed by atoms with E-state index in [0.717, 1.165) is 19.6 Å². The number of carbonyl (C=O) groups excluding carboxylic acids is 1. The van der Waals surface area contributed by atoms with Gasteiger partial charge in [0.2, 0.25) is 0 Å². The zero-order valence-electron chi connectivity index (χ0n) is 12.6. The molecule has 21 heavy (non-hydrogen) atoms. The summed E-state index contributed by atoms with van der Waals surface area (Å²) in [4.78, 5) is 26.2. The Kier molecular flexibility index (Phi) is 4.80. The van der Waals surface area contributed by atoms with Crippen LogP contribution in [-0.4, -0.2) is 37.0 Å². The lowest BCUT2D eigenvalue weighted by molar-refractivity contribution is 0.0949. The fourth-order valence-electron chi connectivity index (χ4n) is 2.23. The van der Waals surface area contributed by atoms with Crippen molar-refractivity contribution in [2.45, 2.75) is 20.8 Å². The number of nitrogens with one attached hydrogen (secondary N) is 1. The molecule has 2 aromatic heterocycles. The Labute approximate surface area is 122 Å². The molecule has 1 N–H and O–H groups in total. The Morgan fingerprint density at radius 2 is 2.05 bits per heavy atom. The third-order valence-electron chi connectivity index (χ3n) is 3.46. The van der Waals surface area contributed by atoms with E-state index >= 15 is 0 Å². The topological polar surface area (TPSA) is 75.7 Å². The first-order valence-electron chi connectivity index (χ1n) is 7.09. The number of fused-ring (bicyclic) bond motifs is 1. The van der Waals surface area contributed by atoms with Crippen LogP contribution in [0.3, 0.4) is 0 Å². The summed E-state index contributed by atoms with van der Waals surface area (Å²) in [5, 5.41) is 2.99. The molecule has 0 aliphatic carbocycles. The fourth-order valence-corrected chi connectivity index (χ4v) is 2.23. The van der Waals surface area contributed by atoms with Crippen LogP contribution in [0.25, 0.3) is 11.0 Å². The van der Waals surface area contributed by atoms with Gasteiger partial charge in [-0.2, -0.15) is 0 Å². The Balaban J connectivity index is 2.12. The maximum atomic E-state index is 12.1. The van der Waals surface area contributed by atoms with E-state index in [0.29, 0.717) is 17.9 Å². The zero-order chi connectivity index (χ0) is 15.4. The summed E-state index contributed by atoms with van der Waals surface area (Å²) in [5.74, 6) is 0.132. The minimum atomic E-state index is -0.548. The molecule has 0 unspecified atom stereocenters. The van der Waals surface area contributed by atoms with Gasteiger partial charge >= 0.3 is 5.63 Å². The predicted molar refractivity (Wildman–Crippen MR) is 79.6 cm³/mol. The van der Waals surface area contributed by atoms with Gasteiger partial charge in [0, 0.05) is 19.2 Å². The summed E-state index contributed by atoms with van der Waals surface area (Å²) in [6, 6.07) is 1.60. The van der Waals surface area contributed by atoms with Gasteiger partial charge in [-0.1, -0.05) is 13.8 Å². The molecule has 2 aromatic rings. The summed E-state index contributed by atoms with van der Waals surface area (Å²) in [6.07, 6.45) is 1.30. The third kappa shape index (κ3) is 3.33. The van der Waals surface area contributed by atoms with Crippen molar-refractivity contribution in [2.24, 2.45) is 0 Å². The summed E-state index contributed by atoms with van der Waals surface area (Å²) in [7, 11) is 0. The highest BCUT2D eigenvalue weighted by molar-refractivity contribution is 6.05. The van der Waals surface area contributed by atoms with Crippen LogP contribution in [0.5, 0.6) is 0 Å². The maximum Gasteiger partial charge on any atom is 0.347 e. The second-order valence-corrected chi connectivity index (χ2v) is 4.82. The van der Waals surface area contributed by atoms with E-state index in [1.54, 1.807) is 13.0 Å². The quantitative estimate of drug-likeness (QED) is 0.878. The van der Waals surface area contributed by atoms with Crippen molar-refractivity contribution in [3.63, 3.8) is 0 Å². The Morgan fingerprint density at radius 3 is 2.71 bits per heavy atom. The molecule has 1 amide bonds. The number of hydrogen-bond donors (Lipinski definition) is 1. The van der Waals surface area contributed by atoms with Gasteiger partial charge < -0.3 is 19.1 Å². The van der Waals surface area contributed by atoms with Gasteiger partial charge in [0.05, 0.1) is 5.56 Å². The van der Waals surface area contributed by atoms with Crippen LogP contribution in [0, 0.1) is 6.92 Å². The van der Waals surface area contributed by atoms with Crippen LogP contribution in [0.4, 0.5) is 0 Å². The van der Waals surface area contributed by atoms with Gasteiger partial charge in [-0.15, -0.1) is 0 Å². The van der Waals surface area contributed by atoms with Crippen molar-refractivity contribution >= 4 is 16.9 Å². The first-order chi connectivity index (χ1) is 10.1. The molecule has 0 spiro atoms. The smallest absolute Gasteiger partial charge is 0.347 e. The second kappa shape index (κ2) is 6.58. The lowest BCUT2D eigenvalue weighted by Crippen LogP contribution is -2.34. The van der Waals surface area contributed by atoms with E-state index in [4.69, 9.17) is 8.83 Å². The number of amides is 1. The highest BCUT2D eigenvalue weighted by Gasteiger charge is 2.18. The standard InChI is InChI=1S/C15H20N2O4/c1-4-17(5-2)7-6-16-14(18)11-9-20-12-8-10(3)21-15(19)13(11)12/h8-9H,4-7H2,1-3H3,(H,16,18). The molecule has 0 radical (unpaired) electrons. The summed E-state index contributed by atoms with van der Waals surface area (Å²) >= 11 is 0. The molecule has 0 aliphatic rings. The summed E-state index contributed by atoms with van der Waals surface area (Å²) < 4.78 is 10.3. The number of rotatable bonds is 6. The average molecular weight is 292 g/mol. The van der Waals surface area contributed by atoms with Crippen molar-refractivity contribution in [3.05, 3.63) is 34.1 Å². The van der Waals surface area contributed by atoms with Crippen molar-refractivity contribution in [1.82, 2.24) is 10.2 Å². The lowest BCUT2D eigenvalue weighted by Gasteiger charge is -2.17. The van der Waals surface area contributed by atoms with Crippen LogP contribution >= 0.6 is 0 Å². The van der Waals surface area contributed by atoms with E-state index in [-0.39, 0.29) is 16.9 Å². The maximum absolute atomic E-state index is 12.1. The van der Waals surface area contributed by atoms with E-state index < -0.39 is 5.63 Å². The molecule has 0 saturated carbocycles. The van der Waals surface area contributed by atoms with Crippen LogP contribution < -0.4 is 10.9 Å². The van der Waals surface area contributed by atoms with Gasteiger partial charge in [0.15, 0.2) is 0 Å². The second-order valence-electron chi connectivity index (χ2n) is 4.82. The fraction of sp³-hybridized carbons (Fsp3) is 0.467. The number of aryl methyl sites for hydroxylation is 1. The monoisotopic (exact) mass is 292 g/mol. The van der Waals surface area contributed by atoms with Crippen molar-refractivity contribution in [3.8, 4) is 0 Å². The van der Waals surface area contributed by atoms with Gasteiger partial charge in [-0.05, 0) is 20.0 Å². The number of likely N-dealkylation sites (N-methyl/N-ethyl adjacent to an activating group) is 1. The van der Waals surface area contributed by atoms with Gasteiger partial charge in [-0.25, -0.2) is 4.79 Å². The lowest BCUT2D eigenvalue weighted by atomic mass is 10.2. The first kappa shape index (κ1) is 15.3. The minimum absolute atomic E-state index is 0.195. The van der Waals surface area contributed by atoms with Crippen LogP contribution in [0.2, 0.25) is 0 Å². The van der Waals surface area contributed by atoms with Crippen LogP contribution in [0.1, 0.15) is 30.0 Å². The van der Waals surface area contributed by atoms with E-state index in [1.807, 2.05) is 0 Å². The molecule has 0 aliphatic heterocycles. The molecule has 114 valence electrons. The van der Waals surface area contributed by atoms with E-state index in [1.165, 1.54) is 6.26 Å². The molecule has 0 saturated heterocycles. The number of hydrogen-bond acceptors (Lipinski definition) is 5. The Bertz CT molecular complexity index is 683. The SMILES string of the molecule is CCN(CC)CCNC(=O)c1coc2cc(C)oc(=O)c12. The van der Waals surface area contributed by atoms with Gasteiger partial charge in [0.1, 0.15) is 23.0 Å². The number of carbonyl (C=O) groups is 1. The molecule has 2 heterocycles. The normalized spacial score (nSPS) is 11.2. The van der Waals surface area contributed by atoms with Crippen LogP contribution in [0.15, 0.2) is 26.0 Å². The van der Waals surface area contributed by atoms with E-state index in [9.17, 15) is 9.59 Å². The molecule has 0 bridgehead atoms. The molecule has 6 heteroatoms. The molecule has 0 fully saturated rings. The molecule has 2 rings (SSSR count). The molecule has 0 aromatic carbocycles. The minimum Gasteiger partial charge on any atom is -0.463 e. The molecule has 0 atom stereocenters. The van der Waals surface area contributed by atoms with Gasteiger partial charge in [0.25, 0.3) is 5.91 Å². The number of furan rings is 1. The molecular weight excluding hydrogens is 272 g/mol. The van der Waals surface area contributed by atoms with Crippen molar-refractivity contribution in [1.29, 1.82) is 0 Å². The Morgan fingerprint density at radius 1 is 1.33 bits per heavy atom. The van der Waals surface area contributed by atoms with E-state index in [2.05, 4.69) is 24.1 Å². The molecule has 6 nitrogen and oxygen atoms in total. The van der Waals surface area contributed by atoms with Crippen molar-refractivity contribution in [2.75, 3.05) is 26.2 Å². The van der Waals surface area contributed by atoms with Crippen LogP contribution in [-0.2, 0) is 0 Å². The first-order valence-corrected chi connectivity index (χ1v) is 7.09. The average Bonchev–Trinajstić information content (AvgIpc) is 2.87. The zero-order valence-corrected chi connectivity index (χ0v) is 12.6. The number of nitrogens with zero attached hydrogens (tertiary/aromatic N) is 1. The highest BCUT2D eigenvalue weighted by atomic mass is 16.4. The molecular formula is C15H20N2O4. The van der Waals surface area contributed by atoms with Gasteiger partial charge in [-0.3, -0.25) is 4.79 Å². The summed E-state index contributed by atoms with van der Waals surface area (Å²) in [6.45, 7) is 8.96.